The molecule has 16 heteroatoms. The molecule has 2 rings (SSSR count). The third kappa shape index (κ3) is 7.94. The van der Waals surface area contributed by atoms with Gasteiger partial charge < -0.3 is 15.0 Å². The highest BCUT2D eigenvalue weighted by Crippen LogP contribution is 2.40. The van der Waals surface area contributed by atoms with E-state index in [1.54, 1.807) is 0 Å². The molecule has 1 amide bonds. The number of amides is 1. The Kier molecular flexibility index (Phi) is 7.93. The lowest BCUT2D eigenvalue weighted by Crippen LogP contribution is -2.24. The van der Waals surface area contributed by atoms with Gasteiger partial charge in [-0.15, -0.1) is 0 Å². The SMILES string of the molecule is NC(=S)NN=Cc1ncccc1NC(=O)OCc1cc([N+](=O)[O-])ccc1OP(=O)(O)O. The summed E-state index contributed by atoms with van der Waals surface area (Å²) in [7, 11) is -4.95. The largest absolute Gasteiger partial charge is 0.524 e. The van der Waals surface area contributed by atoms with Gasteiger partial charge in [-0.1, -0.05) is 0 Å². The summed E-state index contributed by atoms with van der Waals surface area (Å²) in [6, 6.07) is 5.95. The fraction of sp³-hybridized carbons (Fsp3) is 0.0667. The number of phosphoric acid groups is 1. The predicted octanol–water partition coefficient (Wildman–Crippen LogP) is 1.38. The predicted molar refractivity (Wildman–Crippen MR) is 111 cm³/mol. The summed E-state index contributed by atoms with van der Waals surface area (Å²) < 4.78 is 20.6. The summed E-state index contributed by atoms with van der Waals surface area (Å²) in [5, 5.41) is 17.0. The van der Waals surface area contributed by atoms with Gasteiger partial charge in [-0.3, -0.25) is 35.6 Å². The highest BCUT2D eigenvalue weighted by Gasteiger charge is 2.21. The summed E-state index contributed by atoms with van der Waals surface area (Å²) in [4.78, 5) is 44.3. The van der Waals surface area contributed by atoms with Gasteiger partial charge in [0.25, 0.3) is 5.69 Å². The molecule has 0 aliphatic rings. The molecule has 1 aromatic heterocycles. The Labute approximate surface area is 179 Å². The number of hydrogen-bond donors (Lipinski definition) is 5. The van der Waals surface area contributed by atoms with Gasteiger partial charge in [-0.2, -0.15) is 5.10 Å². The molecule has 2 aromatic rings. The van der Waals surface area contributed by atoms with Crippen molar-refractivity contribution < 1.29 is 33.3 Å². The second-order valence-electron chi connectivity index (χ2n) is 5.50. The number of nitrogens with two attached hydrogens (primary N) is 1. The highest BCUT2D eigenvalue weighted by atomic mass is 32.1. The molecule has 164 valence electrons. The molecule has 14 nitrogen and oxygen atoms in total. The van der Waals surface area contributed by atoms with E-state index in [4.69, 9.17) is 20.3 Å². The van der Waals surface area contributed by atoms with Crippen molar-refractivity contribution in [1.29, 1.82) is 0 Å². The molecule has 0 spiro atoms. The molecule has 0 radical (unpaired) electrons. The second-order valence-corrected chi connectivity index (χ2v) is 7.11. The number of anilines is 1. The van der Waals surface area contributed by atoms with Crippen LogP contribution in [0.4, 0.5) is 16.2 Å². The summed E-state index contributed by atoms with van der Waals surface area (Å²) >= 11 is 4.60. The maximum absolute atomic E-state index is 12.1. The first-order chi connectivity index (χ1) is 14.5. The number of thiocarbonyl (C=S) groups is 1. The number of non-ortho nitro benzene ring substituents is 1. The molecule has 6 N–H and O–H groups in total. The van der Waals surface area contributed by atoms with Crippen LogP contribution in [0, 0.1) is 10.1 Å². The number of hydrazone groups is 1. The average molecular weight is 470 g/mol. The van der Waals surface area contributed by atoms with Crippen LogP contribution >= 0.6 is 20.0 Å². The van der Waals surface area contributed by atoms with E-state index >= 15 is 0 Å². The topological polar surface area (TPSA) is 212 Å². The molecule has 0 bridgehead atoms. The van der Waals surface area contributed by atoms with E-state index in [9.17, 15) is 19.5 Å². The Hall–Kier alpha value is -3.65. The normalized spacial score (nSPS) is 11.0. The van der Waals surface area contributed by atoms with Gasteiger partial charge in [-0.05, 0) is 30.4 Å². The molecule has 1 aromatic carbocycles. The van der Waals surface area contributed by atoms with Crippen molar-refractivity contribution in [2.75, 3.05) is 5.32 Å². The quantitative estimate of drug-likeness (QED) is 0.122. The molecule has 0 aliphatic carbocycles. The number of carbonyl (C=O) groups is 1. The van der Waals surface area contributed by atoms with E-state index in [1.165, 1.54) is 24.5 Å². The molecule has 31 heavy (non-hydrogen) atoms. The number of ether oxygens (including phenoxy) is 1. The average Bonchev–Trinajstić information content (AvgIpc) is 2.67. The van der Waals surface area contributed by atoms with Crippen LogP contribution in [0.1, 0.15) is 11.3 Å². The lowest BCUT2D eigenvalue weighted by atomic mass is 10.2. The molecule has 0 saturated heterocycles. The van der Waals surface area contributed by atoms with E-state index in [0.717, 1.165) is 18.2 Å². The van der Waals surface area contributed by atoms with Crippen LogP contribution in [0.25, 0.3) is 0 Å². The molecular formula is C15H15N6O8PS. The lowest BCUT2D eigenvalue weighted by Gasteiger charge is -2.13. The minimum absolute atomic E-state index is 0.0774. The Morgan fingerprint density at radius 1 is 1.42 bits per heavy atom. The van der Waals surface area contributed by atoms with Crippen molar-refractivity contribution in [2.45, 2.75) is 6.61 Å². The molecule has 0 fully saturated rings. The number of hydrogen-bond acceptors (Lipinski definition) is 9. The maximum Gasteiger partial charge on any atom is 0.524 e. The molecule has 0 unspecified atom stereocenters. The van der Waals surface area contributed by atoms with Gasteiger partial charge in [0, 0.05) is 23.9 Å². The Morgan fingerprint density at radius 2 is 2.16 bits per heavy atom. The second kappa shape index (κ2) is 10.4. The van der Waals surface area contributed by atoms with E-state index in [1.807, 2.05) is 0 Å². The van der Waals surface area contributed by atoms with Crippen molar-refractivity contribution >= 4 is 48.8 Å². The van der Waals surface area contributed by atoms with Crippen LogP contribution in [-0.2, 0) is 15.9 Å². The van der Waals surface area contributed by atoms with E-state index in [0.29, 0.717) is 0 Å². The van der Waals surface area contributed by atoms with Crippen LogP contribution in [-0.4, -0.2) is 37.1 Å². The van der Waals surface area contributed by atoms with Gasteiger partial charge in [0.05, 0.1) is 16.8 Å². The van der Waals surface area contributed by atoms with E-state index in [2.05, 4.69) is 37.6 Å². The van der Waals surface area contributed by atoms with Gasteiger partial charge >= 0.3 is 13.9 Å². The number of phosphoric ester groups is 1. The molecule has 1 heterocycles. The number of nitro benzene ring substituents is 1. The maximum atomic E-state index is 12.1. The van der Waals surface area contributed by atoms with Crippen molar-refractivity contribution in [3.05, 3.63) is 57.9 Å². The van der Waals surface area contributed by atoms with Gasteiger partial charge in [0.1, 0.15) is 18.1 Å². The van der Waals surface area contributed by atoms with Crippen LogP contribution < -0.4 is 21.0 Å². The lowest BCUT2D eigenvalue weighted by molar-refractivity contribution is -0.385. The van der Waals surface area contributed by atoms with Crippen LogP contribution in [0.5, 0.6) is 5.75 Å². The Morgan fingerprint density at radius 3 is 2.81 bits per heavy atom. The van der Waals surface area contributed by atoms with Gasteiger partial charge in [-0.25, -0.2) is 9.36 Å². The van der Waals surface area contributed by atoms with Crippen LogP contribution in [0.15, 0.2) is 41.6 Å². The Balaban J connectivity index is 2.13. The first-order valence-corrected chi connectivity index (χ1v) is 9.99. The smallest absolute Gasteiger partial charge is 0.444 e. The van der Waals surface area contributed by atoms with Crippen LogP contribution in [0.3, 0.4) is 0 Å². The van der Waals surface area contributed by atoms with Gasteiger partial charge in [0.15, 0.2) is 5.11 Å². The first kappa shape index (κ1) is 23.6. The molecule has 0 saturated carbocycles. The summed E-state index contributed by atoms with van der Waals surface area (Å²) in [5.74, 6) is -0.384. The van der Waals surface area contributed by atoms with Crippen molar-refractivity contribution in [3.63, 3.8) is 0 Å². The zero-order chi connectivity index (χ0) is 23.0. The minimum atomic E-state index is -4.95. The molecular weight excluding hydrogens is 455 g/mol. The fourth-order valence-corrected chi connectivity index (χ4v) is 2.57. The molecule has 0 atom stereocenters. The highest BCUT2D eigenvalue weighted by molar-refractivity contribution is 7.80. The number of nitro groups is 1. The van der Waals surface area contributed by atoms with Crippen LogP contribution in [0.2, 0.25) is 0 Å². The fourth-order valence-electron chi connectivity index (χ4n) is 2.08. The van der Waals surface area contributed by atoms with Gasteiger partial charge in [0.2, 0.25) is 0 Å². The minimum Gasteiger partial charge on any atom is -0.444 e. The summed E-state index contributed by atoms with van der Waals surface area (Å²) in [6.07, 6.45) is 1.69. The first-order valence-electron chi connectivity index (χ1n) is 8.05. The van der Waals surface area contributed by atoms with Crippen molar-refractivity contribution in [3.8, 4) is 5.75 Å². The molecule has 0 aliphatic heterocycles. The number of aromatic nitrogens is 1. The van der Waals surface area contributed by atoms with Crippen molar-refractivity contribution in [1.82, 2.24) is 10.4 Å². The number of carbonyl (C=O) groups excluding carboxylic acids is 1. The number of nitrogens with zero attached hydrogens (tertiary/aromatic N) is 3. The zero-order valence-corrected chi connectivity index (χ0v) is 17.1. The van der Waals surface area contributed by atoms with Crippen molar-refractivity contribution in [2.24, 2.45) is 10.8 Å². The third-order valence-electron chi connectivity index (χ3n) is 3.27. The number of benzene rings is 1. The van der Waals surface area contributed by atoms with E-state index in [-0.39, 0.29) is 27.8 Å². The zero-order valence-electron chi connectivity index (χ0n) is 15.4. The number of nitrogens with one attached hydrogen (secondary N) is 2. The number of pyridine rings is 1. The number of rotatable bonds is 8. The summed E-state index contributed by atoms with van der Waals surface area (Å²) in [6.45, 7) is -0.588. The Bertz CT molecular complexity index is 1080. The monoisotopic (exact) mass is 470 g/mol. The third-order valence-corrected chi connectivity index (χ3v) is 3.79. The summed E-state index contributed by atoms with van der Waals surface area (Å²) in [5.41, 5.74) is 7.46. The van der Waals surface area contributed by atoms with E-state index < -0.39 is 31.1 Å². The standard InChI is InChI=1S/C15H15N6O8PS/c16-14(31)20-18-7-12-11(2-1-5-17-12)19-15(22)28-8-9-6-10(21(23)24)3-4-13(9)29-30(25,26)27/h1-7H,8H2,(H,19,22)(H3,16,20,31)(H2,25,26,27).